The van der Waals surface area contributed by atoms with Gasteiger partial charge in [0.15, 0.2) is 0 Å². The molecule has 0 bridgehead atoms. The molecule has 226 valence electrons. The molecule has 0 aromatic heterocycles. The molecule has 0 aliphatic rings. The average Bonchev–Trinajstić information content (AvgIpc) is 2.89. The van der Waals surface area contributed by atoms with Crippen LogP contribution in [0.1, 0.15) is 44.7 Å². The fraction of sp³-hybridized carbons (Fsp3) is 0.355. The van der Waals surface area contributed by atoms with Crippen LogP contribution in [0.3, 0.4) is 0 Å². The van der Waals surface area contributed by atoms with Crippen molar-refractivity contribution in [3.8, 4) is 0 Å². The monoisotopic (exact) mass is 695 g/mol. The van der Waals surface area contributed by atoms with Crippen molar-refractivity contribution in [3.63, 3.8) is 0 Å². The van der Waals surface area contributed by atoms with Crippen molar-refractivity contribution in [2.75, 3.05) is 17.1 Å². The molecule has 3 aromatic carbocycles. The third-order valence-electron chi connectivity index (χ3n) is 6.34. The maximum Gasteiger partial charge on any atom is 0.243 e. The maximum absolute atomic E-state index is 13.9. The van der Waals surface area contributed by atoms with Crippen LogP contribution in [0.5, 0.6) is 0 Å². The molecule has 0 fully saturated rings. The number of anilines is 1. The second kappa shape index (κ2) is 14.7. The number of sulfonamides is 1. The number of rotatable bonds is 12. The molecule has 0 spiro atoms. The molecule has 0 radical (unpaired) electrons. The second-order valence-electron chi connectivity index (χ2n) is 11.1. The molecule has 0 heterocycles. The van der Waals surface area contributed by atoms with E-state index >= 15 is 0 Å². The van der Waals surface area contributed by atoms with Gasteiger partial charge in [-0.3, -0.25) is 13.9 Å². The first-order chi connectivity index (χ1) is 19.6. The summed E-state index contributed by atoms with van der Waals surface area (Å²) in [6, 6.07) is 20.9. The summed E-state index contributed by atoms with van der Waals surface area (Å²) in [6.07, 6.45) is 1.60. The minimum absolute atomic E-state index is 0.00625. The molecule has 1 atom stereocenters. The number of nitrogens with zero attached hydrogens (tertiary/aromatic N) is 2. The molecule has 3 aromatic rings. The van der Waals surface area contributed by atoms with Crippen molar-refractivity contribution in [3.05, 3.63) is 98.4 Å². The van der Waals surface area contributed by atoms with E-state index in [0.717, 1.165) is 26.2 Å². The molecular formula is C31H36BrCl2N3O4S. The smallest absolute Gasteiger partial charge is 0.243 e. The zero-order valence-corrected chi connectivity index (χ0v) is 28.0. The Morgan fingerprint density at radius 3 is 2.24 bits per heavy atom. The third-order valence-corrected chi connectivity index (χ3v) is 8.57. The summed E-state index contributed by atoms with van der Waals surface area (Å²) < 4.78 is 27.4. The molecule has 42 heavy (non-hydrogen) atoms. The van der Waals surface area contributed by atoms with Gasteiger partial charge in [-0.05, 0) is 68.7 Å². The van der Waals surface area contributed by atoms with Gasteiger partial charge in [-0.25, -0.2) is 8.42 Å². The van der Waals surface area contributed by atoms with E-state index in [1.54, 1.807) is 11.0 Å². The molecule has 0 saturated heterocycles. The standard InChI is InChI=1S/C31H36BrCl2N3O4S/c1-31(2,3)35-30(39)28(19-22-10-6-5-7-11-22)36(21-23-12-8-13-24(32)18-23)29(38)14-9-17-37(42(4,40)41)27-20-25(33)15-16-26(27)34/h5-8,10-13,15-16,18,20,28H,9,14,17,19,21H2,1-4H3,(H,35,39). The number of carbonyl (C=O) groups is 2. The van der Waals surface area contributed by atoms with Crippen LogP contribution in [-0.2, 0) is 32.6 Å². The van der Waals surface area contributed by atoms with Crippen LogP contribution >= 0.6 is 39.1 Å². The third kappa shape index (κ3) is 10.3. The highest BCUT2D eigenvalue weighted by Gasteiger charge is 2.32. The predicted molar refractivity (Wildman–Crippen MR) is 174 cm³/mol. The van der Waals surface area contributed by atoms with E-state index in [1.807, 2.05) is 75.4 Å². The van der Waals surface area contributed by atoms with Crippen molar-refractivity contribution in [2.45, 2.75) is 58.2 Å². The van der Waals surface area contributed by atoms with E-state index in [2.05, 4.69) is 21.2 Å². The first-order valence-corrected chi connectivity index (χ1v) is 16.9. The molecule has 2 amide bonds. The van der Waals surface area contributed by atoms with Crippen LogP contribution in [0.15, 0.2) is 77.3 Å². The van der Waals surface area contributed by atoms with E-state index in [1.165, 1.54) is 12.1 Å². The Labute approximate surface area is 267 Å². The Morgan fingerprint density at radius 2 is 1.62 bits per heavy atom. The Hall–Kier alpha value is -2.59. The summed E-state index contributed by atoms with van der Waals surface area (Å²) in [7, 11) is -3.72. The average molecular weight is 698 g/mol. The predicted octanol–water partition coefficient (Wildman–Crippen LogP) is 6.86. The fourth-order valence-corrected chi connectivity index (χ4v) is 6.35. The molecule has 0 saturated carbocycles. The lowest BCUT2D eigenvalue weighted by atomic mass is 10.00. The van der Waals surface area contributed by atoms with E-state index < -0.39 is 21.6 Å². The number of carbonyl (C=O) groups excluding carboxylic acids is 2. The van der Waals surface area contributed by atoms with Crippen molar-refractivity contribution in [1.29, 1.82) is 0 Å². The summed E-state index contributed by atoms with van der Waals surface area (Å²) in [5.41, 5.74) is 1.50. The first-order valence-electron chi connectivity index (χ1n) is 13.5. The first kappa shape index (κ1) is 33.9. The van der Waals surface area contributed by atoms with Crippen LogP contribution in [0.4, 0.5) is 5.69 Å². The van der Waals surface area contributed by atoms with Gasteiger partial charge >= 0.3 is 0 Å². The summed E-state index contributed by atoms with van der Waals surface area (Å²) in [5, 5.41) is 3.61. The van der Waals surface area contributed by atoms with Gasteiger partial charge < -0.3 is 10.2 Å². The number of halogens is 3. The summed E-state index contributed by atoms with van der Waals surface area (Å²) in [4.78, 5) is 29.2. The van der Waals surface area contributed by atoms with E-state index in [4.69, 9.17) is 23.2 Å². The SMILES string of the molecule is CC(C)(C)NC(=O)C(Cc1ccccc1)N(Cc1cccc(Br)c1)C(=O)CCCN(c1cc(Cl)ccc1Cl)S(C)(=O)=O. The normalized spacial score (nSPS) is 12.5. The quantitative estimate of drug-likeness (QED) is 0.224. The van der Waals surface area contributed by atoms with Crippen LogP contribution in [0.2, 0.25) is 10.0 Å². The minimum Gasteiger partial charge on any atom is -0.350 e. The van der Waals surface area contributed by atoms with Gasteiger partial charge in [0.25, 0.3) is 0 Å². The van der Waals surface area contributed by atoms with Crippen molar-refractivity contribution in [2.24, 2.45) is 0 Å². The van der Waals surface area contributed by atoms with Crippen molar-refractivity contribution in [1.82, 2.24) is 10.2 Å². The summed E-state index contributed by atoms with van der Waals surface area (Å²) in [6.45, 7) is 5.89. The Kier molecular flexibility index (Phi) is 11.9. The molecule has 1 unspecified atom stereocenters. The zero-order chi connectivity index (χ0) is 31.1. The Bertz CT molecular complexity index is 1500. The highest BCUT2D eigenvalue weighted by molar-refractivity contribution is 9.10. The molecule has 3 rings (SSSR count). The lowest BCUT2D eigenvalue weighted by Crippen LogP contribution is -2.54. The molecule has 1 N–H and O–H groups in total. The molecule has 0 aliphatic heterocycles. The Morgan fingerprint density at radius 1 is 0.952 bits per heavy atom. The van der Waals surface area contributed by atoms with Gasteiger partial charge in [0.05, 0.1) is 17.0 Å². The van der Waals surface area contributed by atoms with Crippen LogP contribution in [0, 0.1) is 0 Å². The number of amides is 2. The van der Waals surface area contributed by atoms with Gasteiger partial charge in [-0.1, -0.05) is 81.6 Å². The Balaban J connectivity index is 1.92. The summed E-state index contributed by atoms with van der Waals surface area (Å²) in [5.74, 6) is -0.538. The van der Waals surface area contributed by atoms with Gasteiger partial charge in [0.1, 0.15) is 6.04 Å². The zero-order valence-electron chi connectivity index (χ0n) is 24.1. The molecule has 0 aliphatic carbocycles. The fourth-order valence-electron chi connectivity index (χ4n) is 4.50. The lowest BCUT2D eigenvalue weighted by molar-refractivity contribution is -0.142. The van der Waals surface area contributed by atoms with E-state index in [0.29, 0.717) is 11.4 Å². The molecule has 7 nitrogen and oxygen atoms in total. The number of hydrogen-bond acceptors (Lipinski definition) is 4. The van der Waals surface area contributed by atoms with Crippen molar-refractivity contribution < 1.29 is 18.0 Å². The van der Waals surface area contributed by atoms with Crippen molar-refractivity contribution >= 4 is 66.7 Å². The van der Waals surface area contributed by atoms with Gasteiger partial charge in [-0.15, -0.1) is 0 Å². The topological polar surface area (TPSA) is 86.8 Å². The number of benzene rings is 3. The van der Waals surface area contributed by atoms with E-state index in [9.17, 15) is 18.0 Å². The van der Waals surface area contributed by atoms with Gasteiger partial charge in [0, 0.05) is 41.0 Å². The minimum atomic E-state index is -3.72. The van der Waals surface area contributed by atoms with Crippen LogP contribution in [-0.4, -0.2) is 49.5 Å². The maximum atomic E-state index is 13.9. The lowest BCUT2D eigenvalue weighted by Gasteiger charge is -2.34. The van der Waals surface area contributed by atoms with Gasteiger partial charge in [0.2, 0.25) is 21.8 Å². The largest absolute Gasteiger partial charge is 0.350 e. The van der Waals surface area contributed by atoms with E-state index in [-0.39, 0.29) is 48.5 Å². The highest BCUT2D eigenvalue weighted by atomic mass is 79.9. The number of nitrogens with one attached hydrogen (secondary N) is 1. The molecular weight excluding hydrogens is 661 g/mol. The number of hydrogen-bond donors (Lipinski definition) is 1. The second-order valence-corrected chi connectivity index (χ2v) is 14.8. The highest BCUT2D eigenvalue weighted by Crippen LogP contribution is 2.31. The van der Waals surface area contributed by atoms with Crippen LogP contribution < -0.4 is 9.62 Å². The van der Waals surface area contributed by atoms with Crippen LogP contribution in [0.25, 0.3) is 0 Å². The van der Waals surface area contributed by atoms with Gasteiger partial charge in [-0.2, -0.15) is 0 Å². The summed E-state index contributed by atoms with van der Waals surface area (Å²) >= 11 is 15.9. The molecule has 11 heteroatoms.